The number of nitrogens with zero attached hydrogens (tertiary/aromatic N) is 1. The lowest BCUT2D eigenvalue weighted by Crippen LogP contribution is -2.19. The molecule has 0 radical (unpaired) electrons. The Hall–Kier alpha value is -0.500. The Labute approximate surface area is 91.4 Å². The van der Waals surface area contributed by atoms with Crippen LogP contribution < -0.4 is 0 Å². The quantitative estimate of drug-likeness (QED) is 0.751. The van der Waals surface area contributed by atoms with Gasteiger partial charge in [-0.1, -0.05) is 19.9 Å². The summed E-state index contributed by atoms with van der Waals surface area (Å²) in [5, 5.41) is 0. The van der Waals surface area contributed by atoms with Crippen molar-refractivity contribution in [3.05, 3.63) is 29.6 Å². The molecule has 76 valence electrons. The fourth-order valence-corrected chi connectivity index (χ4v) is 1.70. The van der Waals surface area contributed by atoms with Crippen molar-refractivity contribution in [3.8, 4) is 0 Å². The van der Waals surface area contributed by atoms with Gasteiger partial charge in [-0.25, -0.2) is 0 Å². The van der Waals surface area contributed by atoms with Gasteiger partial charge in [-0.3, -0.25) is 4.98 Å². The first-order valence-electron chi connectivity index (χ1n) is 5.21. The molecular formula is C12H17NS. The van der Waals surface area contributed by atoms with Crippen LogP contribution in [0.2, 0.25) is 0 Å². The van der Waals surface area contributed by atoms with Crippen molar-refractivity contribution in [3.63, 3.8) is 0 Å². The number of hydrogen-bond acceptors (Lipinski definition) is 2. The van der Waals surface area contributed by atoms with Crippen molar-refractivity contribution in [2.24, 2.45) is 0 Å². The van der Waals surface area contributed by atoms with E-state index in [9.17, 15) is 0 Å². The van der Waals surface area contributed by atoms with E-state index in [0.29, 0.717) is 0 Å². The van der Waals surface area contributed by atoms with Crippen LogP contribution in [0.5, 0.6) is 0 Å². The van der Waals surface area contributed by atoms with E-state index in [-0.39, 0.29) is 5.41 Å². The monoisotopic (exact) mass is 207 g/mol. The molecule has 0 aliphatic heterocycles. The van der Waals surface area contributed by atoms with Gasteiger partial charge >= 0.3 is 0 Å². The molecular weight excluding hydrogens is 190 g/mol. The lowest BCUT2D eigenvalue weighted by atomic mass is 9.88. The van der Waals surface area contributed by atoms with Gasteiger partial charge in [0.2, 0.25) is 0 Å². The van der Waals surface area contributed by atoms with E-state index >= 15 is 0 Å². The molecule has 0 N–H and O–H groups in total. The Morgan fingerprint density at radius 2 is 2.14 bits per heavy atom. The lowest BCUT2D eigenvalue weighted by molar-refractivity contribution is 0.600. The highest BCUT2D eigenvalue weighted by Gasteiger charge is 2.25. The van der Waals surface area contributed by atoms with Crippen LogP contribution in [0.4, 0.5) is 0 Å². The Kier molecular flexibility index (Phi) is 2.56. The second kappa shape index (κ2) is 3.58. The van der Waals surface area contributed by atoms with Crippen molar-refractivity contribution in [2.75, 3.05) is 5.75 Å². The molecule has 0 aromatic carbocycles. The number of rotatable bonds is 3. The van der Waals surface area contributed by atoms with Gasteiger partial charge in [-0.05, 0) is 35.6 Å². The molecule has 0 saturated heterocycles. The minimum absolute atomic E-state index is 0.137. The van der Waals surface area contributed by atoms with Gasteiger partial charge in [0.05, 0.1) is 0 Å². The molecule has 1 aliphatic carbocycles. The van der Waals surface area contributed by atoms with Crippen molar-refractivity contribution in [1.29, 1.82) is 0 Å². The standard InChI is InChI=1S/C12H17NS/c1-12(2,8-14)10-5-6-11(13-7-10)9-3-4-9/h5-7,9,14H,3-4,8H2,1-2H3. The van der Waals surface area contributed by atoms with Crippen LogP contribution >= 0.6 is 12.6 Å². The average Bonchev–Trinajstić information content (AvgIpc) is 3.01. The molecule has 1 nitrogen and oxygen atoms in total. The minimum atomic E-state index is 0.137. The molecule has 1 saturated carbocycles. The molecule has 2 heteroatoms. The van der Waals surface area contributed by atoms with Crippen molar-refractivity contribution >= 4 is 12.6 Å². The Morgan fingerprint density at radius 3 is 2.57 bits per heavy atom. The molecule has 14 heavy (non-hydrogen) atoms. The number of aromatic nitrogens is 1. The molecule has 0 spiro atoms. The lowest BCUT2D eigenvalue weighted by Gasteiger charge is -2.22. The number of pyridine rings is 1. The zero-order valence-corrected chi connectivity index (χ0v) is 9.72. The van der Waals surface area contributed by atoms with E-state index in [2.05, 4.69) is 43.6 Å². The molecule has 0 unspecified atom stereocenters. The van der Waals surface area contributed by atoms with E-state index in [1.807, 2.05) is 6.20 Å². The van der Waals surface area contributed by atoms with E-state index < -0.39 is 0 Å². The molecule has 0 amide bonds. The summed E-state index contributed by atoms with van der Waals surface area (Å²) in [5.41, 5.74) is 2.69. The number of hydrogen-bond donors (Lipinski definition) is 1. The van der Waals surface area contributed by atoms with Crippen molar-refractivity contribution < 1.29 is 0 Å². The third-order valence-electron chi connectivity index (χ3n) is 2.96. The molecule has 2 rings (SSSR count). The largest absolute Gasteiger partial charge is 0.261 e. The van der Waals surface area contributed by atoms with Crippen LogP contribution in [-0.2, 0) is 5.41 Å². The molecule has 1 aromatic heterocycles. The van der Waals surface area contributed by atoms with Gasteiger partial charge in [-0.15, -0.1) is 0 Å². The molecule has 1 aromatic rings. The van der Waals surface area contributed by atoms with Gasteiger partial charge in [0.1, 0.15) is 0 Å². The third-order valence-corrected chi connectivity index (χ3v) is 3.75. The highest BCUT2D eigenvalue weighted by Crippen LogP contribution is 2.39. The summed E-state index contributed by atoms with van der Waals surface area (Å²) in [6.45, 7) is 4.40. The second-order valence-electron chi connectivity index (χ2n) is 4.79. The molecule has 1 fully saturated rings. The normalized spacial score (nSPS) is 17.1. The Balaban J connectivity index is 2.20. The van der Waals surface area contributed by atoms with Gasteiger partial charge in [0, 0.05) is 17.8 Å². The van der Waals surface area contributed by atoms with Crippen molar-refractivity contribution in [2.45, 2.75) is 38.0 Å². The summed E-state index contributed by atoms with van der Waals surface area (Å²) < 4.78 is 0. The second-order valence-corrected chi connectivity index (χ2v) is 5.10. The van der Waals surface area contributed by atoms with Crippen LogP contribution in [0, 0.1) is 0 Å². The smallest absolute Gasteiger partial charge is 0.0434 e. The summed E-state index contributed by atoms with van der Waals surface area (Å²) in [6.07, 6.45) is 4.66. The van der Waals surface area contributed by atoms with Gasteiger partial charge in [-0.2, -0.15) is 12.6 Å². The van der Waals surface area contributed by atoms with E-state index in [4.69, 9.17) is 0 Å². The fraction of sp³-hybridized carbons (Fsp3) is 0.583. The maximum absolute atomic E-state index is 4.52. The maximum Gasteiger partial charge on any atom is 0.0434 e. The van der Waals surface area contributed by atoms with Crippen LogP contribution in [0.1, 0.15) is 43.9 Å². The van der Waals surface area contributed by atoms with E-state index in [1.165, 1.54) is 24.1 Å². The first-order chi connectivity index (χ1) is 6.63. The highest BCUT2D eigenvalue weighted by molar-refractivity contribution is 7.80. The first kappa shape index (κ1) is 10.0. The zero-order valence-electron chi connectivity index (χ0n) is 8.83. The van der Waals surface area contributed by atoms with Gasteiger partial charge in [0.25, 0.3) is 0 Å². The molecule has 0 bridgehead atoms. The highest BCUT2D eigenvalue weighted by atomic mass is 32.1. The summed E-state index contributed by atoms with van der Waals surface area (Å²) >= 11 is 4.36. The van der Waals surface area contributed by atoms with Crippen LogP contribution in [0.3, 0.4) is 0 Å². The first-order valence-corrected chi connectivity index (χ1v) is 5.84. The number of thiol groups is 1. The van der Waals surface area contributed by atoms with Crippen molar-refractivity contribution in [1.82, 2.24) is 4.98 Å². The SMILES string of the molecule is CC(C)(CS)c1ccc(C2CC2)nc1. The molecule has 0 atom stereocenters. The zero-order chi connectivity index (χ0) is 10.2. The minimum Gasteiger partial charge on any atom is -0.261 e. The summed E-state index contributed by atoms with van der Waals surface area (Å²) in [5.74, 6) is 1.61. The molecule has 1 heterocycles. The van der Waals surface area contributed by atoms with E-state index in [0.717, 1.165) is 11.7 Å². The Morgan fingerprint density at radius 1 is 1.43 bits per heavy atom. The van der Waals surface area contributed by atoms with Gasteiger partial charge < -0.3 is 0 Å². The summed E-state index contributed by atoms with van der Waals surface area (Å²) in [7, 11) is 0. The van der Waals surface area contributed by atoms with E-state index in [1.54, 1.807) is 0 Å². The van der Waals surface area contributed by atoms with Crippen LogP contribution in [0.15, 0.2) is 18.3 Å². The van der Waals surface area contributed by atoms with Crippen LogP contribution in [0.25, 0.3) is 0 Å². The summed E-state index contributed by atoms with van der Waals surface area (Å²) in [4.78, 5) is 4.52. The predicted molar refractivity (Wildman–Crippen MR) is 63.1 cm³/mol. The fourth-order valence-electron chi connectivity index (χ4n) is 1.52. The third kappa shape index (κ3) is 1.95. The summed E-state index contributed by atoms with van der Waals surface area (Å²) in [6, 6.07) is 4.38. The topological polar surface area (TPSA) is 12.9 Å². The maximum atomic E-state index is 4.52. The van der Waals surface area contributed by atoms with Crippen LogP contribution in [-0.4, -0.2) is 10.7 Å². The Bertz CT molecular complexity index is 312. The molecule has 1 aliphatic rings. The van der Waals surface area contributed by atoms with Gasteiger partial charge in [0.15, 0.2) is 0 Å². The predicted octanol–water partition coefficient (Wildman–Crippen LogP) is 3.17. The average molecular weight is 207 g/mol.